The summed E-state index contributed by atoms with van der Waals surface area (Å²) < 4.78 is 121. The molecule has 0 aromatic heterocycles. The molecule has 0 saturated heterocycles. The van der Waals surface area contributed by atoms with Gasteiger partial charge in [-0.25, -0.2) is 13.2 Å². The molecule has 2 rings (SSSR count). The van der Waals surface area contributed by atoms with Crippen LogP contribution in [0.5, 0.6) is 5.75 Å². The second-order valence-electron chi connectivity index (χ2n) is 7.32. The number of hydrogen-bond donors (Lipinski definition) is 0. The second-order valence-corrected chi connectivity index (χ2v) is 9.88. The summed E-state index contributed by atoms with van der Waals surface area (Å²) in [5.74, 6) is -6.75. The number of esters is 2. The van der Waals surface area contributed by atoms with E-state index in [0.717, 1.165) is 31.4 Å². The number of carbonyl (C=O) groups excluding carboxylic acids is 2. The van der Waals surface area contributed by atoms with E-state index >= 15 is 0 Å². The van der Waals surface area contributed by atoms with Crippen LogP contribution in [-0.4, -0.2) is 48.6 Å². The van der Waals surface area contributed by atoms with Gasteiger partial charge in [-0.3, -0.25) is 4.79 Å². The SMILES string of the molecule is O=C(OC(CS(=O)(=O)[O-])(C(F)(F)F)C(F)(F)F)c1ccc(I)c(OC(=O)C2CCCCC2)c1. The van der Waals surface area contributed by atoms with Crippen LogP contribution in [0.15, 0.2) is 18.2 Å². The fourth-order valence-corrected chi connectivity index (χ4v) is 4.50. The number of benzene rings is 1. The van der Waals surface area contributed by atoms with Gasteiger partial charge < -0.3 is 14.0 Å². The van der Waals surface area contributed by atoms with Gasteiger partial charge in [0.25, 0.3) is 0 Å². The molecular weight excluding hydrogens is 601 g/mol. The van der Waals surface area contributed by atoms with Gasteiger partial charge >= 0.3 is 29.9 Å². The Bertz CT molecular complexity index is 987. The van der Waals surface area contributed by atoms with Crippen LogP contribution < -0.4 is 4.74 Å². The van der Waals surface area contributed by atoms with Crippen molar-refractivity contribution in [2.75, 3.05) is 5.75 Å². The van der Waals surface area contributed by atoms with Gasteiger partial charge in [-0.2, -0.15) is 26.3 Å². The van der Waals surface area contributed by atoms with E-state index in [1.165, 1.54) is 0 Å². The molecule has 0 unspecified atom stereocenters. The zero-order chi connectivity index (χ0) is 25.2. The van der Waals surface area contributed by atoms with Gasteiger partial charge in [0, 0.05) is 0 Å². The highest BCUT2D eigenvalue weighted by molar-refractivity contribution is 14.1. The summed E-state index contributed by atoms with van der Waals surface area (Å²) in [5, 5.41) is 0. The Balaban J connectivity index is 2.38. The second kappa shape index (κ2) is 9.93. The Morgan fingerprint density at radius 3 is 2.06 bits per heavy atom. The number of alkyl halides is 6. The number of rotatable bonds is 6. The highest BCUT2D eigenvalue weighted by atomic mass is 127. The third-order valence-electron chi connectivity index (χ3n) is 4.88. The van der Waals surface area contributed by atoms with Crippen molar-refractivity contribution in [1.29, 1.82) is 0 Å². The van der Waals surface area contributed by atoms with Crippen molar-refractivity contribution in [3.05, 3.63) is 27.3 Å². The van der Waals surface area contributed by atoms with Gasteiger partial charge in [-0.1, -0.05) is 19.3 Å². The van der Waals surface area contributed by atoms with Gasteiger partial charge in [0.2, 0.25) is 0 Å². The maximum absolute atomic E-state index is 13.3. The summed E-state index contributed by atoms with van der Waals surface area (Å²) in [6.45, 7) is 0. The van der Waals surface area contributed by atoms with Gasteiger partial charge in [-0.15, -0.1) is 0 Å². The molecule has 1 saturated carbocycles. The Morgan fingerprint density at radius 1 is 1.03 bits per heavy atom. The smallest absolute Gasteiger partial charge is 0.438 e. The normalized spacial score (nSPS) is 16.4. The quantitative estimate of drug-likeness (QED) is 0.154. The fraction of sp³-hybridized carbons (Fsp3) is 0.556. The van der Waals surface area contributed by atoms with Crippen molar-refractivity contribution in [2.24, 2.45) is 5.92 Å². The van der Waals surface area contributed by atoms with E-state index in [1.54, 1.807) is 22.6 Å². The average molecular weight is 617 g/mol. The molecule has 7 nitrogen and oxygen atoms in total. The van der Waals surface area contributed by atoms with Crippen LogP contribution in [0, 0.1) is 9.49 Å². The van der Waals surface area contributed by atoms with Crippen LogP contribution in [0.2, 0.25) is 0 Å². The van der Waals surface area contributed by atoms with Crippen molar-refractivity contribution in [3.8, 4) is 5.75 Å². The van der Waals surface area contributed by atoms with Crippen molar-refractivity contribution in [2.45, 2.75) is 50.1 Å². The van der Waals surface area contributed by atoms with E-state index in [1.807, 2.05) is 0 Å². The summed E-state index contributed by atoms with van der Waals surface area (Å²) >= 11 is 1.67. The zero-order valence-electron chi connectivity index (χ0n) is 16.5. The lowest BCUT2D eigenvalue weighted by Gasteiger charge is -2.36. The van der Waals surface area contributed by atoms with Gasteiger partial charge in [-0.05, 0) is 53.6 Å². The molecule has 15 heteroatoms. The Kier molecular flexibility index (Phi) is 8.32. The molecule has 0 radical (unpaired) electrons. The maximum atomic E-state index is 13.3. The van der Waals surface area contributed by atoms with E-state index in [2.05, 4.69) is 4.74 Å². The van der Waals surface area contributed by atoms with Crippen LogP contribution in [0.25, 0.3) is 0 Å². The number of ether oxygens (including phenoxy) is 2. The molecule has 1 aromatic carbocycles. The zero-order valence-corrected chi connectivity index (χ0v) is 19.4. The Morgan fingerprint density at radius 2 is 1.58 bits per heavy atom. The fourth-order valence-electron chi connectivity index (χ4n) is 3.17. The standard InChI is InChI=1S/C18H17F6IO7S/c19-17(20,21)16(18(22,23)24,9-33(28,29)30)32-15(27)11-6-7-12(25)13(8-11)31-14(26)10-4-2-1-3-5-10/h6-8,10H,1-5,9H2,(H,28,29,30)/p-1. The molecule has 0 spiro atoms. The van der Waals surface area contributed by atoms with Crippen LogP contribution in [-0.2, 0) is 19.6 Å². The number of hydrogen-bond acceptors (Lipinski definition) is 7. The van der Waals surface area contributed by atoms with Gasteiger partial charge in [0.1, 0.15) is 5.75 Å². The van der Waals surface area contributed by atoms with E-state index < -0.39 is 57.2 Å². The minimum absolute atomic E-state index is 0.216. The minimum atomic E-state index is -6.49. The van der Waals surface area contributed by atoms with Gasteiger partial charge in [0.05, 0.1) is 30.9 Å². The Hall–Kier alpha value is -1.62. The molecule has 1 aliphatic carbocycles. The molecule has 0 amide bonds. The molecular formula is C18H16F6IO7S-. The summed E-state index contributed by atoms with van der Waals surface area (Å²) in [5.41, 5.74) is -6.48. The third-order valence-corrected chi connectivity index (χ3v) is 6.53. The van der Waals surface area contributed by atoms with Crippen molar-refractivity contribution in [3.63, 3.8) is 0 Å². The summed E-state index contributed by atoms with van der Waals surface area (Å²) in [6, 6.07) is 2.58. The molecule has 1 fully saturated rings. The molecule has 0 heterocycles. The first kappa shape index (κ1) is 27.6. The van der Waals surface area contributed by atoms with Crippen LogP contribution >= 0.6 is 22.6 Å². The predicted molar refractivity (Wildman–Crippen MR) is 106 cm³/mol. The lowest BCUT2D eigenvalue weighted by molar-refractivity contribution is -0.356. The molecule has 33 heavy (non-hydrogen) atoms. The van der Waals surface area contributed by atoms with Gasteiger partial charge in [0.15, 0.2) is 0 Å². The molecule has 0 bridgehead atoms. The maximum Gasteiger partial charge on any atom is 0.438 e. The van der Waals surface area contributed by atoms with E-state index in [0.29, 0.717) is 18.9 Å². The predicted octanol–water partition coefficient (Wildman–Crippen LogP) is 4.34. The molecule has 186 valence electrons. The van der Waals surface area contributed by atoms with E-state index in [9.17, 15) is 48.9 Å². The molecule has 1 aliphatic rings. The average Bonchev–Trinajstić information content (AvgIpc) is 2.66. The highest BCUT2D eigenvalue weighted by Gasteiger charge is 2.75. The lowest BCUT2D eigenvalue weighted by Crippen LogP contribution is -2.63. The van der Waals surface area contributed by atoms with Crippen molar-refractivity contribution >= 4 is 44.6 Å². The topological polar surface area (TPSA) is 110 Å². The molecule has 1 aromatic rings. The first-order valence-corrected chi connectivity index (χ1v) is 11.9. The Labute approximate surface area is 197 Å². The monoisotopic (exact) mass is 617 g/mol. The van der Waals surface area contributed by atoms with E-state index in [4.69, 9.17) is 4.74 Å². The van der Waals surface area contributed by atoms with Crippen molar-refractivity contribution < 1.29 is 58.4 Å². The third kappa shape index (κ3) is 6.71. The van der Waals surface area contributed by atoms with Crippen LogP contribution in [0.3, 0.4) is 0 Å². The lowest BCUT2D eigenvalue weighted by atomic mass is 9.89. The molecule has 0 N–H and O–H groups in total. The molecule has 0 atom stereocenters. The summed E-state index contributed by atoms with van der Waals surface area (Å²) in [6.07, 6.45) is -9.40. The minimum Gasteiger partial charge on any atom is -0.748 e. The highest BCUT2D eigenvalue weighted by Crippen LogP contribution is 2.47. The first-order valence-electron chi connectivity index (χ1n) is 9.28. The van der Waals surface area contributed by atoms with Crippen LogP contribution in [0.4, 0.5) is 26.3 Å². The summed E-state index contributed by atoms with van der Waals surface area (Å²) in [7, 11) is -6.16. The van der Waals surface area contributed by atoms with E-state index in [-0.39, 0.29) is 9.32 Å². The van der Waals surface area contributed by atoms with Crippen LogP contribution in [0.1, 0.15) is 42.5 Å². The largest absolute Gasteiger partial charge is 0.748 e. The summed E-state index contributed by atoms with van der Waals surface area (Å²) in [4.78, 5) is 24.5. The number of halogens is 7. The molecule has 0 aliphatic heterocycles. The number of carbonyl (C=O) groups is 2. The van der Waals surface area contributed by atoms with Crippen molar-refractivity contribution in [1.82, 2.24) is 0 Å². The first-order chi connectivity index (χ1) is 15.0.